The Kier molecular flexibility index (Phi) is 3.73. The minimum Gasteiger partial charge on any atom is -0.449 e. The quantitative estimate of drug-likeness (QED) is 0.268. The number of nitrogens with two attached hydrogens (primary N) is 2. The molecule has 0 bridgehead atoms. The van der Waals surface area contributed by atoms with E-state index in [0.717, 1.165) is 0 Å². The molecule has 0 aromatic carbocycles. The second-order valence-corrected chi connectivity index (χ2v) is 7.59. The number of nitrogen functional groups attached to an aromatic ring is 1. The van der Waals surface area contributed by atoms with Gasteiger partial charge in [-0.2, -0.15) is 4.98 Å². The molecule has 4 unspecified atom stereocenters. The van der Waals surface area contributed by atoms with Crippen LogP contribution < -0.4 is 22.1 Å². The number of allylic oxidation sites excluding steroid dienone is 2. The zero-order valence-corrected chi connectivity index (χ0v) is 16.2. The van der Waals surface area contributed by atoms with Crippen molar-refractivity contribution in [3.8, 4) is 0 Å². The summed E-state index contributed by atoms with van der Waals surface area (Å²) in [6.07, 6.45) is -0.976. The van der Waals surface area contributed by atoms with Gasteiger partial charge < -0.3 is 36.5 Å². The first-order valence-corrected chi connectivity index (χ1v) is 9.30. The van der Waals surface area contributed by atoms with Crippen molar-refractivity contribution in [1.82, 2.24) is 25.4 Å². The van der Waals surface area contributed by atoms with Crippen LogP contribution in [0.1, 0.15) is 6.92 Å². The summed E-state index contributed by atoms with van der Waals surface area (Å²) in [5.74, 6) is -1.34. The Hall–Kier alpha value is -3.45. The Morgan fingerprint density at radius 3 is 2.80 bits per heavy atom. The molecule has 158 valence electrons. The second-order valence-electron chi connectivity index (χ2n) is 7.59. The van der Waals surface area contributed by atoms with Crippen LogP contribution in [0.25, 0.3) is 0 Å². The van der Waals surface area contributed by atoms with E-state index in [2.05, 4.69) is 25.8 Å². The van der Waals surface area contributed by atoms with Crippen molar-refractivity contribution in [2.24, 2.45) is 11.7 Å². The number of ether oxygens (including phenoxy) is 2. The number of hydrogen-bond donors (Lipinski definition) is 5. The lowest BCUT2D eigenvalue weighted by molar-refractivity contribution is -0.137. The van der Waals surface area contributed by atoms with E-state index in [0.29, 0.717) is 6.54 Å². The van der Waals surface area contributed by atoms with E-state index in [4.69, 9.17) is 20.9 Å². The van der Waals surface area contributed by atoms with Crippen molar-refractivity contribution in [1.29, 1.82) is 0 Å². The van der Waals surface area contributed by atoms with E-state index in [1.165, 1.54) is 7.11 Å². The highest BCUT2D eigenvalue weighted by molar-refractivity contribution is 6.26. The van der Waals surface area contributed by atoms with Gasteiger partial charge in [0.25, 0.3) is 0 Å². The molecule has 1 aromatic rings. The summed E-state index contributed by atoms with van der Waals surface area (Å²) >= 11 is 0. The molecule has 1 amide bonds. The van der Waals surface area contributed by atoms with Gasteiger partial charge in [0.05, 0.1) is 23.4 Å². The van der Waals surface area contributed by atoms with Gasteiger partial charge in [-0.25, -0.2) is 9.89 Å². The molecule has 0 saturated carbocycles. The summed E-state index contributed by atoms with van der Waals surface area (Å²) in [4.78, 5) is 43.9. The first-order valence-electron chi connectivity index (χ1n) is 9.30. The lowest BCUT2D eigenvalue weighted by atomic mass is 9.82. The van der Waals surface area contributed by atoms with Crippen molar-refractivity contribution in [2.45, 2.75) is 24.7 Å². The van der Waals surface area contributed by atoms with Crippen LogP contribution in [-0.4, -0.2) is 75.8 Å². The number of primary amides is 1. The van der Waals surface area contributed by atoms with Crippen LogP contribution in [0.3, 0.4) is 0 Å². The van der Waals surface area contributed by atoms with Crippen molar-refractivity contribution in [3.63, 3.8) is 0 Å². The number of aromatic nitrogens is 3. The van der Waals surface area contributed by atoms with E-state index in [9.17, 15) is 14.4 Å². The molecule has 1 aliphatic carbocycles. The molecule has 4 aliphatic rings. The highest BCUT2D eigenvalue weighted by Crippen LogP contribution is 2.55. The highest BCUT2D eigenvalue weighted by atomic mass is 16.6. The number of hydrogen-bond acceptors (Lipinski definition) is 11. The standard InChI is InChI=1S/C17H20N8O5/c1-5-9(21-16-22-14(18)23-24-16)12(27)8-6(4-30-15(19)28)17(29-2)13-7(20-13)3-25(17)10(8)11(5)26/h6-7,13,20H,3-4H2,1-2H3,(H2,19,28)(H4,18,21,22,23,24). The number of anilines is 2. The molecule has 2 fully saturated rings. The smallest absolute Gasteiger partial charge is 0.404 e. The fraction of sp³-hybridized carbons (Fsp3) is 0.471. The van der Waals surface area contributed by atoms with Crippen LogP contribution in [0.2, 0.25) is 0 Å². The van der Waals surface area contributed by atoms with Gasteiger partial charge >= 0.3 is 6.09 Å². The van der Waals surface area contributed by atoms with Crippen LogP contribution >= 0.6 is 0 Å². The van der Waals surface area contributed by atoms with Crippen molar-refractivity contribution < 1.29 is 23.9 Å². The number of nitrogens with zero attached hydrogens (tertiary/aromatic N) is 3. The number of Topliss-reactive ketones (excluding diaryl/α,β-unsaturated/α-hetero) is 2. The van der Waals surface area contributed by atoms with Crippen LogP contribution in [0.5, 0.6) is 0 Å². The number of nitrogens with one attached hydrogen (secondary N) is 3. The maximum atomic E-state index is 13.5. The fourth-order valence-corrected chi connectivity index (χ4v) is 4.88. The molecule has 0 radical (unpaired) electrons. The number of carbonyl (C=O) groups is 3. The van der Waals surface area contributed by atoms with Gasteiger partial charge in [-0.05, 0) is 6.92 Å². The maximum Gasteiger partial charge on any atom is 0.404 e. The molecule has 4 heterocycles. The van der Waals surface area contributed by atoms with Gasteiger partial charge in [0.2, 0.25) is 23.5 Å². The third-order valence-electron chi connectivity index (χ3n) is 6.17. The first kappa shape index (κ1) is 18.6. The molecule has 13 nitrogen and oxygen atoms in total. The predicted octanol–water partition coefficient (Wildman–Crippen LogP) is -1.80. The minimum absolute atomic E-state index is 0.0366. The number of rotatable bonds is 5. The number of H-pyrrole nitrogens is 1. The van der Waals surface area contributed by atoms with Gasteiger partial charge in [0, 0.05) is 30.8 Å². The summed E-state index contributed by atoms with van der Waals surface area (Å²) in [5, 5.41) is 12.4. The summed E-state index contributed by atoms with van der Waals surface area (Å²) in [6.45, 7) is 1.85. The molecule has 5 rings (SSSR count). The van der Waals surface area contributed by atoms with Gasteiger partial charge in [-0.15, -0.1) is 5.10 Å². The van der Waals surface area contributed by atoms with Gasteiger partial charge in [-0.1, -0.05) is 0 Å². The Morgan fingerprint density at radius 1 is 1.40 bits per heavy atom. The molecule has 0 spiro atoms. The second kappa shape index (κ2) is 6.03. The third-order valence-corrected chi connectivity index (χ3v) is 6.17. The van der Waals surface area contributed by atoms with Crippen LogP contribution in [0.15, 0.2) is 22.5 Å². The number of carbonyl (C=O) groups excluding carboxylic acids is 3. The van der Waals surface area contributed by atoms with E-state index < -0.39 is 23.5 Å². The molecular weight excluding hydrogens is 396 g/mol. The zero-order chi connectivity index (χ0) is 21.4. The molecule has 7 N–H and O–H groups in total. The molecule has 1 aromatic heterocycles. The monoisotopic (exact) mass is 416 g/mol. The average molecular weight is 416 g/mol. The number of methoxy groups -OCH3 is 1. The Morgan fingerprint density at radius 2 is 2.17 bits per heavy atom. The summed E-state index contributed by atoms with van der Waals surface area (Å²) < 4.78 is 11.0. The van der Waals surface area contributed by atoms with E-state index in [1.54, 1.807) is 6.92 Å². The van der Waals surface area contributed by atoms with Crippen LogP contribution in [0, 0.1) is 5.92 Å². The summed E-state index contributed by atoms with van der Waals surface area (Å²) in [6, 6.07) is 0.0118. The predicted molar refractivity (Wildman–Crippen MR) is 100 cm³/mol. The minimum atomic E-state index is -1.03. The summed E-state index contributed by atoms with van der Waals surface area (Å²) in [7, 11) is 1.51. The van der Waals surface area contributed by atoms with Gasteiger partial charge in [0.1, 0.15) is 6.61 Å². The Bertz CT molecular complexity index is 1060. The fourth-order valence-electron chi connectivity index (χ4n) is 4.88. The number of amides is 1. The molecule has 2 saturated heterocycles. The Labute approximate surface area is 169 Å². The largest absolute Gasteiger partial charge is 0.449 e. The lowest BCUT2D eigenvalue weighted by Crippen LogP contribution is -2.55. The van der Waals surface area contributed by atoms with Gasteiger partial charge in [0.15, 0.2) is 5.72 Å². The lowest BCUT2D eigenvalue weighted by Gasteiger charge is -2.39. The number of aromatic amines is 1. The van der Waals surface area contributed by atoms with Crippen molar-refractivity contribution in [2.75, 3.05) is 31.3 Å². The molecule has 30 heavy (non-hydrogen) atoms. The van der Waals surface area contributed by atoms with Crippen molar-refractivity contribution in [3.05, 3.63) is 22.5 Å². The normalized spacial score (nSPS) is 31.7. The zero-order valence-electron chi connectivity index (χ0n) is 16.2. The molecule has 4 atom stereocenters. The first-order chi connectivity index (χ1) is 14.3. The Balaban J connectivity index is 1.58. The third kappa shape index (κ3) is 2.26. The van der Waals surface area contributed by atoms with E-state index in [-0.39, 0.29) is 58.9 Å². The number of fused-ring (bicyclic) bond motifs is 4. The maximum absolute atomic E-state index is 13.5. The number of piperazine rings is 1. The number of ketones is 2. The average Bonchev–Trinajstić information content (AvgIpc) is 3.10. The van der Waals surface area contributed by atoms with Crippen LogP contribution in [-0.2, 0) is 19.1 Å². The van der Waals surface area contributed by atoms with Crippen molar-refractivity contribution >= 4 is 29.6 Å². The van der Waals surface area contributed by atoms with E-state index >= 15 is 0 Å². The molecule has 3 aliphatic heterocycles. The molecule has 13 heteroatoms. The van der Waals surface area contributed by atoms with Gasteiger partial charge in [-0.3, -0.25) is 9.59 Å². The summed E-state index contributed by atoms with van der Waals surface area (Å²) in [5.41, 5.74) is 10.4. The van der Waals surface area contributed by atoms with E-state index in [1.807, 2.05) is 4.90 Å². The molecular formula is C17H20N8O5. The van der Waals surface area contributed by atoms with Crippen LogP contribution in [0.4, 0.5) is 16.7 Å². The highest BCUT2D eigenvalue weighted by Gasteiger charge is 2.72. The SMILES string of the molecule is COC12C(COC(N)=O)C3=C(C(=O)C(C)=C(Nc4n[nH]c(N)n4)C3=O)N1CC1NC12. The topological polar surface area (TPSA) is 200 Å².